The average molecular weight is 471 g/mol. The van der Waals surface area contributed by atoms with Crippen LogP contribution in [-0.2, 0) is 4.74 Å². The normalized spacial score (nSPS) is 11.0. The number of benzene rings is 1. The fourth-order valence-corrected chi connectivity index (χ4v) is 3.79. The average Bonchev–Trinajstić information content (AvgIpc) is 2.87. The minimum absolute atomic E-state index is 0.514. The molecule has 0 amide bonds. The summed E-state index contributed by atoms with van der Waals surface area (Å²) in [5.74, 6) is 2.25. The lowest BCUT2D eigenvalue weighted by Gasteiger charge is -2.08. The Labute approximate surface area is 207 Å². The number of aromatic nitrogens is 2. The maximum Gasteiger partial charge on any atom is 0.159 e. The molecule has 1 aromatic carbocycles. The van der Waals surface area contributed by atoms with E-state index in [-0.39, 0.29) is 0 Å². The fraction of sp³-hybridized carbons (Fsp3) is 0.655. The second-order valence-electron chi connectivity index (χ2n) is 8.97. The lowest BCUT2D eigenvalue weighted by Crippen LogP contribution is -2.08. The first-order valence-corrected chi connectivity index (χ1v) is 13.6. The molecule has 0 bridgehead atoms. The lowest BCUT2D eigenvalue weighted by atomic mass is 10.1. The van der Waals surface area contributed by atoms with Crippen molar-refractivity contribution in [2.24, 2.45) is 0 Å². The number of hydrogen-bond donors (Lipinski definition) is 0. The Morgan fingerprint density at radius 3 is 1.71 bits per heavy atom. The van der Waals surface area contributed by atoms with Crippen LogP contribution in [0.1, 0.15) is 97.3 Å². The summed E-state index contributed by atoms with van der Waals surface area (Å²) in [6.07, 6.45) is 20.3. The van der Waals surface area contributed by atoms with Crippen LogP contribution in [0.25, 0.3) is 11.4 Å². The first-order valence-electron chi connectivity index (χ1n) is 13.6. The largest absolute Gasteiger partial charge is 0.494 e. The van der Waals surface area contributed by atoms with Gasteiger partial charge in [-0.2, -0.15) is 0 Å². The predicted octanol–water partition coefficient (Wildman–Crippen LogP) is 8.03. The molecule has 0 unspecified atom stereocenters. The second kappa shape index (κ2) is 19.2. The van der Waals surface area contributed by atoms with E-state index in [2.05, 4.69) is 23.8 Å². The third kappa shape index (κ3) is 12.9. The van der Waals surface area contributed by atoms with E-state index in [1.807, 2.05) is 24.3 Å². The van der Waals surface area contributed by atoms with E-state index in [1.54, 1.807) is 12.4 Å². The van der Waals surface area contributed by atoms with Crippen molar-refractivity contribution in [3.8, 4) is 22.9 Å². The third-order valence-electron chi connectivity index (χ3n) is 5.90. The molecule has 1 aromatic heterocycles. The van der Waals surface area contributed by atoms with E-state index in [0.29, 0.717) is 24.8 Å². The third-order valence-corrected chi connectivity index (χ3v) is 5.90. The van der Waals surface area contributed by atoms with E-state index in [9.17, 15) is 0 Å². The van der Waals surface area contributed by atoms with Gasteiger partial charge >= 0.3 is 0 Å². The van der Waals surface area contributed by atoms with Gasteiger partial charge in [-0.15, -0.1) is 0 Å². The molecule has 0 atom stereocenters. The van der Waals surface area contributed by atoms with Crippen molar-refractivity contribution in [3.05, 3.63) is 36.7 Å². The van der Waals surface area contributed by atoms with Gasteiger partial charge in [-0.05, 0) is 37.1 Å². The summed E-state index contributed by atoms with van der Waals surface area (Å²) < 4.78 is 17.1. The Kier molecular flexibility index (Phi) is 15.9. The Morgan fingerprint density at radius 1 is 0.529 bits per heavy atom. The highest BCUT2D eigenvalue weighted by atomic mass is 16.5. The molecule has 0 radical (unpaired) electrons. The quantitative estimate of drug-likeness (QED) is 0.173. The molecule has 0 aliphatic rings. The molecular weight excluding hydrogens is 424 g/mol. The second-order valence-corrected chi connectivity index (χ2v) is 8.97. The molecule has 0 aliphatic carbocycles. The molecular formula is C29H46N2O3. The summed E-state index contributed by atoms with van der Waals surface area (Å²) in [5, 5.41) is 0. The van der Waals surface area contributed by atoms with Crippen molar-refractivity contribution in [1.82, 2.24) is 9.97 Å². The van der Waals surface area contributed by atoms with E-state index in [1.165, 1.54) is 70.6 Å². The van der Waals surface area contributed by atoms with Gasteiger partial charge in [0.25, 0.3) is 0 Å². The first kappa shape index (κ1) is 28.1. The number of unbranched alkanes of at least 4 members (excludes halogenated alkanes) is 11. The smallest absolute Gasteiger partial charge is 0.159 e. The summed E-state index contributed by atoms with van der Waals surface area (Å²) in [5.41, 5.74) is 0.970. The van der Waals surface area contributed by atoms with Crippen LogP contribution in [0.5, 0.6) is 11.5 Å². The van der Waals surface area contributed by atoms with Crippen LogP contribution in [-0.4, -0.2) is 36.4 Å². The summed E-state index contributed by atoms with van der Waals surface area (Å²) in [6, 6.07) is 8.01. The summed E-state index contributed by atoms with van der Waals surface area (Å²) in [6.45, 7) is 7.14. The molecule has 5 heteroatoms. The van der Waals surface area contributed by atoms with Crippen LogP contribution in [0.2, 0.25) is 0 Å². The SMILES string of the molecule is CCCCCCCCCCCCOc1ccc(-c2ncc(OCCOCCCCC)cn2)cc1. The zero-order chi connectivity index (χ0) is 24.1. The van der Waals surface area contributed by atoms with Gasteiger partial charge in [0.2, 0.25) is 0 Å². The number of hydrogen-bond acceptors (Lipinski definition) is 5. The van der Waals surface area contributed by atoms with Crippen molar-refractivity contribution < 1.29 is 14.2 Å². The maximum absolute atomic E-state index is 5.90. The van der Waals surface area contributed by atoms with Crippen molar-refractivity contribution >= 4 is 0 Å². The molecule has 0 saturated carbocycles. The van der Waals surface area contributed by atoms with Crippen molar-refractivity contribution in [2.45, 2.75) is 97.3 Å². The van der Waals surface area contributed by atoms with Gasteiger partial charge in [0.1, 0.15) is 12.4 Å². The molecule has 0 N–H and O–H groups in total. The molecule has 5 nitrogen and oxygen atoms in total. The molecule has 190 valence electrons. The standard InChI is InChI=1S/C29H46N2O3/c1-3-5-7-8-9-10-11-12-13-15-21-33-27-18-16-26(17-19-27)29-30-24-28(25-31-29)34-23-22-32-20-14-6-4-2/h16-19,24-25H,3-15,20-23H2,1-2H3. The predicted molar refractivity (Wildman–Crippen MR) is 141 cm³/mol. The molecule has 1 heterocycles. The van der Waals surface area contributed by atoms with Crippen LogP contribution >= 0.6 is 0 Å². The van der Waals surface area contributed by atoms with Crippen molar-refractivity contribution in [3.63, 3.8) is 0 Å². The number of ether oxygens (including phenoxy) is 3. The van der Waals surface area contributed by atoms with Crippen LogP contribution < -0.4 is 9.47 Å². The van der Waals surface area contributed by atoms with Gasteiger partial charge in [0.15, 0.2) is 11.6 Å². The van der Waals surface area contributed by atoms with Crippen LogP contribution in [0.15, 0.2) is 36.7 Å². The van der Waals surface area contributed by atoms with Gasteiger partial charge in [0.05, 0.1) is 25.6 Å². The van der Waals surface area contributed by atoms with Crippen LogP contribution in [0, 0.1) is 0 Å². The number of rotatable bonds is 21. The molecule has 0 aliphatic heterocycles. The zero-order valence-corrected chi connectivity index (χ0v) is 21.6. The highest BCUT2D eigenvalue weighted by molar-refractivity contribution is 5.56. The van der Waals surface area contributed by atoms with Crippen molar-refractivity contribution in [1.29, 1.82) is 0 Å². The van der Waals surface area contributed by atoms with Gasteiger partial charge in [-0.25, -0.2) is 9.97 Å². The highest BCUT2D eigenvalue weighted by Gasteiger charge is 2.03. The Balaban J connectivity index is 1.56. The van der Waals surface area contributed by atoms with Gasteiger partial charge < -0.3 is 14.2 Å². The Hall–Kier alpha value is -2.14. The summed E-state index contributed by atoms with van der Waals surface area (Å²) in [4.78, 5) is 8.86. The van der Waals surface area contributed by atoms with E-state index in [0.717, 1.165) is 37.4 Å². The maximum atomic E-state index is 5.90. The molecule has 0 fully saturated rings. The van der Waals surface area contributed by atoms with E-state index in [4.69, 9.17) is 14.2 Å². The van der Waals surface area contributed by atoms with Crippen LogP contribution in [0.4, 0.5) is 0 Å². The van der Waals surface area contributed by atoms with Crippen molar-refractivity contribution in [2.75, 3.05) is 26.4 Å². The van der Waals surface area contributed by atoms with E-state index >= 15 is 0 Å². The van der Waals surface area contributed by atoms with Crippen LogP contribution in [0.3, 0.4) is 0 Å². The monoisotopic (exact) mass is 470 g/mol. The Bertz CT molecular complexity index is 719. The summed E-state index contributed by atoms with van der Waals surface area (Å²) >= 11 is 0. The zero-order valence-electron chi connectivity index (χ0n) is 21.6. The van der Waals surface area contributed by atoms with Gasteiger partial charge in [0, 0.05) is 12.2 Å². The Morgan fingerprint density at radius 2 is 1.06 bits per heavy atom. The molecule has 2 aromatic rings. The first-order chi connectivity index (χ1) is 16.8. The molecule has 34 heavy (non-hydrogen) atoms. The lowest BCUT2D eigenvalue weighted by molar-refractivity contribution is 0.0971. The van der Waals surface area contributed by atoms with Gasteiger partial charge in [-0.1, -0.05) is 84.5 Å². The minimum atomic E-state index is 0.514. The molecule has 0 spiro atoms. The minimum Gasteiger partial charge on any atom is -0.494 e. The van der Waals surface area contributed by atoms with Gasteiger partial charge in [-0.3, -0.25) is 0 Å². The van der Waals surface area contributed by atoms with E-state index < -0.39 is 0 Å². The fourth-order valence-electron chi connectivity index (χ4n) is 3.79. The summed E-state index contributed by atoms with van der Waals surface area (Å²) in [7, 11) is 0. The molecule has 0 saturated heterocycles. The number of nitrogens with zero attached hydrogens (tertiary/aromatic N) is 2. The topological polar surface area (TPSA) is 53.5 Å². The molecule has 2 rings (SSSR count). The highest BCUT2D eigenvalue weighted by Crippen LogP contribution is 2.21.